The normalized spacial score (nSPS) is 20.3. The lowest BCUT2D eigenvalue weighted by atomic mass is 10.1. The average molecular weight is 360 g/mol. The number of fused-ring (bicyclic) bond motifs is 1. The number of carbonyl (C=O) groups is 1. The zero-order valence-electron chi connectivity index (χ0n) is 14.1. The summed E-state index contributed by atoms with van der Waals surface area (Å²) in [6.07, 6.45) is 1.94. The molecule has 0 saturated carbocycles. The molecule has 0 spiro atoms. The van der Waals surface area contributed by atoms with Crippen LogP contribution in [0.25, 0.3) is 0 Å². The Hall–Kier alpha value is -2.19. The molecule has 1 fully saturated rings. The van der Waals surface area contributed by atoms with E-state index in [0.717, 1.165) is 18.8 Å². The Labute approximate surface area is 150 Å². The van der Waals surface area contributed by atoms with E-state index in [2.05, 4.69) is 26.3 Å². The Bertz CT molecular complexity index is 766. The van der Waals surface area contributed by atoms with Gasteiger partial charge in [0.05, 0.1) is 20.3 Å². The number of aromatic nitrogens is 2. The summed E-state index contributed by atoms with van der Waals surface area (Å²) in [6, 6.07) is 3.89. The number of morpholine rings is 1. The Balaban J connectivity index is 1.45. The Morgan fingerprint density at radius 3 is 3.20 bits per heavy atom. The van der Waals surface area contributed by atoms with Gasteiger partial charge in [-0.3, -0.25) is 4.79 Å². The number of anilines is 1. The van der Waals surface area contributed by atoms with Gasteiger partial charge in [-0.15, -0.1) is 11.3 Å². The Morgan fingerprint density at radius 1 is 1.40 bits per heavy atom. The van der Waals surface area contributed by atoms with Gasteiger partial charge in [-0.05, 0) is 23.4 Å². The molecular formula is C17H20N4O3S. The summed E-state index contributed by atoms with van der Waals surface area (Å²) in [5, 5.41) is 2.10. The first-order valence-corrected chi connectivity index (χ1v) is 9.19. The lowest BCUT2D eigenvalue weighted by Crippen LogP contribution is -2.52. The summed E-state index contributed by atoms with van der Waals surface area (Å²) >= 11 is 1.77. The van der Waals surface area contributed by atoms with Crippen LogP contribution in [0.5, 0.6) is 5.88 Å². The number of carbonyl (C=O) groups excluding carboxylic acids is 1. The van der Waals surface area contributed by atoms with Crippen LogP contribution in [0.1, 0.15) is 10.4 Å². The van der Waals surface area contributed by atoms with Gasteiger partial charge in [0.15, 0.2) is 6.10 Å². The van der Waals surface area contributed by atoms with E-state index in [-0.39, 0.29) is 5.91 Å². The second-order valence-electron chi connectivity index (χ2n) is 6.10. The molecule has 2 aromatic rings. The molecule has 2 aromatic heterocycles. The molecular weight excluding hydrogens is 340 g/mol. The smallest absolute Gasteiger partial charge is 0.253 e. The monoisotopic (exact) mass is 360 g/mol. The van der Waals surface area contributed by atoms with Crippen molar-refractivity contribution in [2.75, 3.05) is 38.3 Å². The van der Waals surface area contributed by atoms with Crippen molar-refractivity contribution in [3.63, 3.8) is 0 Å². The maximum absolute atomic E-state index is 12.9. The van der Waals surface area contributed by atoms with Crippen molar-refractivity contribution >= 4 is 23.1 Å². The van der Waals surface area contributed by atoms with E-state index in [0.29, 0.717) is 32.1 Å². The predicted molar refractivity (Wildman–Crippen MR) is 94.0 cm³/mol. The van der Waals surface area contributed by atoms with Crippen LogP contribution in [-0.2, 0) is 22.5 Å². The summed E-state index contributed by atoms with van der Waals surface area (Å²) in [4.78, 5) is 26.6. The molecule has 0 aliphatic carbocycles. The minimum absolute atomic E-state index is 0.0579. The molecule has 8 heteroatoms. The highest BCUT2D eigenvalue weighted by molar-refractivity contribution is 7.10. The van der Waals surface area contributed by atoms with Crippen LogP contribution in [0, 0.1) is 0 Å². The first-order valence-electron chi connectivity index (χ1n) is 8.31. The number of nitrogens with zero attached hydrogens (tertiary/aromatic N) is 4. The number of methoxy groups -OCH3 is 1. The molecule has 4 rings (SSSR count). The predicted octanol–water partition coefficient (Wildman–Crippen LogP) is 1.34. The lowest BCUT2D eigenvalue weighted by Gasteiger charge is -2.36. The van der Waals surface area contributed by atoms with Crippen LogP contribution in [0.4, 0.5) is 5.82 Å². The molecule has 1 saturated heterocycles. The molecule has 4 heterocycles. The van der Waals surface area contributed by atoms with Crippen LogP contribution in [0.3, 0.4) is 0 Å². The molecule has 1 unspecified atom stereocenters. The van der Waals surface area contributed by atoms with Gasteiger partial charge in [0.2, 0.25) is 5.88 Å². The Kier molecular flexibility index (Phi) is 4.54. The van der Waals surface area contributed by atoms with Crippen molar-refractivity contribution in [1.29, 1.82) is 0 Å². The van der Waals surface area contributed by atoms with Gasteiger partial charge in [0, 0.05) is 30.6 Å². The standard InChI is InChI=1S/C17H20N4O3S/c1-23-16-8-15(18-11-19-16)20-5-6-24-13(10-20)17(22)21-4-2-14-12(9-21)3-7-25-14/h3,7-8,11,13H,2,4-6,9-10H2,1H3. The fraction of sp³-hybridized carbons (Fsp3) is 0.471. The fourth-order valence-corrected chi connectivity index (χ4v) is 4.15. The van der Waals surface area contributed by atoms with Gasteiger partial charge < -0.3 is 19.3 Å². The number of amides is 1. The van der Waals surface area contributed by atoms with E-state index >= 15 is 0 Å². The number of ether oxygens (including phenoxy) is 2. The van der Waals surface area contributed by atoms with Gasteiger partial charge in [-0.1, -0.05) is 0 Å². The minimum Gasteiger partial charge on any atom is -0.481 e. The zero-order chi connectivity index (χ0) is 17.2. The molecule has 0 bridgehead atoms. The highest BCUT2D eigenvalue weighted by atomic mass is 32.1. The van der Waals surface area contributed by atoms with Crippen molar-refractivity contribution < 1.29 is 14.3 Å². The molecule has 1 amide bonds. The van der Waals surface area contributed by atoms with E-state index in [1.807, 2.05) is 4.90 Å². The number of rotatable bonds is 3. The van der Waals surface area contributed by atoms with E-state index in [9.17, 15) is 4.79 Å². The van der Waals surface area contributed by atoms with Gasteiger partial charge >= 0.3 is 0 Å². The van der Waals surface area contributed by atoms with Crippen molar-refractivity contribution in [3.05, 3.63) is 34.3 Å². The summed E-state index contributed by atoms with van der Waals surface area (Å²) in [5.74, 6) is 1.33. The lowest BCUT2D eigenvalue weighted by molar-refractivity contribution is -0.145. The fourth-order valence-electron chi connectivity index (χ4n) is 3.26. The number of hydrogen-bond donors (Lipinski definition) is 0. The maximum atomic E-state index is 12.9. The van der Waals surface area contributed by atoms with E-state index in [1.54, 1.807) is 24.5 Å². The highest BCUT2D eigenvalue weighted by Gasteiger charge is 2.32. The number of hydrogen-bond acceptors (Lipinski definition) is 7. The SMILES string of the molecule is COc1cc(N2CCOC(C(=O)N3CCc4sccc4C3)C2)ncn1. The van der Waals surface area contributed by atoms with Gasteiger partial charge in [0.25, 0.3) is 5.91 Å². The van der Waals surface area contributed by atoms with Crippen molar-refractivity contribution in [1.82, 2.24) is 14.9 Å². The van der Waals surface area contributed by atoms with Crippen LogP contribution in [0.15, 0.2) is 23.8 Å². The number of thiophene rings is 1. The molecule has 0 aromatic carbocycles. The third-order valence-corrected chi connectivity index (χ3v) is 5.64. The van der Waals surface area contributed by atoms with Crippen molar-refractivity contribution in [3.8, 4) is 5.88 Å². The molecule has 7 nitrogen and oxygen atoms in total. The molecule has 2 aliphatic rings. The minimum atomic E-state index is -0.463. The zero-order valence-corrected chi connectivity index (χ0v) is 14.9. The molecule has 0 radical (unpaired) electrons. The van der Waals surface area contributed by atoms with Gasteiger partial charge in [-0.25, -0.2) is 9.97 Å². The molecule has 132 valence electrons. The summed E-state index contributed by atoms with van der Waals surface area (Å²) in [5.41, 5.74) is 1.26. The van der Waals surface area contributed by atoms with Crippen LogP contribution < -0.4 is 9.64 Å². The van der Waals surface area contributed by atoms with Crippen molar-refractivity contribution in [2.45, 2.75) is 19.1 Å². The summed E-state index contributed by atoms with van der Waals surface area (Å²) < 4.78 is 10.9. The molecule has 25 heavy (non-hydrogen) atoms. The van der Waals surface area contributed by atoms with Gasteiger partial charge in [-0.2, -0.15) is 0 Å². The third kappa shape index (κ3) is 3.32. The Morgan fingerprint density at radius 2 is 2.32 bits per heavy atom. The maximum Gasteiger partial charge on any atom is 0.253 e. The van der Waals surface area contributed by atoms with Crippen LogP contribution in [-0.4, -0.2) is 60.2 Å². The van der Waals surface area contributed by atoms with Crippen molar-refractivity contribution in [2.24, 2.45) is 0 Å². The molecule has 1 atom stereocenters. The van der Waals surface area contributed by atoms with E-state index in [1.165, 1.54) is 16.8 Å². The van der Waals surface area contributed by atoms with Gasteiger partial charge in [0.1, 0.15) is 12.1 Å². The van der Waals surface area contributed by atoms with E-state index < -0.39 is 6.10 Å². The van der Waals surface area contributed by atoms with Crippen LogP contribution >= 0.6 is 11.3 Å². The first kappa shape index (κ1) is 16.3. The van der Waals surface area contributed by atoms with E-state index in [4.69, 9.17) is 9.47 Å². The quantitative estimate of drug-likeness (QED) is 0.823. The molecule has 0 N–H and O–H groups in total. The summed E-state index contributed by atoms with van der Waals surface area (Å²) in [7, 11) is 1.58. The average Bonchev–Trinajstić information content (AvgIpc) is 3.15. The third-order valence-electron chi connectivity index (χ3n) is 4.62. The second-order valence-corrected chi connectivity index (χ2v) is 7.10. The van der Waals surface area contributed by atoms with Crippen LogP contribution in [0.2, 0.25) is 0 Å². The molecule has 2 aliphatic heterocycles. The highest BCUT2D eigenvalue weighted by Crippen LogP contribution is 2.25. The summed E-state index contributed by atoms with van der Waals surface area (Å²) in [6.45, 7) is 3.12. The largest absolute Gasteiger partial charge is 0.481 e. The second kappa shape index (κ2) is 6.97. The topological polar surface area (TPSA) is 67.8 Å². The first-order chi connectivity index (χ1) is 12.2.